The Bertz CT molecular complexity index is 621. The number of carboxylic acid groups (broad SMARTS) is 1. The zero-order valence-electron chi connectivity index (χ0n) is 12.8. The predicted molar refractivity (Wildman–Crippen MR) is 77.0 cm³/mol. The fourth-order valence-electron chi connectivity index (χ4n) is 2.67. The normalized spacial score (nSPS) is 21.8. The summed E-state index contributed by atoms with van der Waals surface area (Å²) in [7, 11) is 1.32. The van der Waals surface area contributed by atoms with E-state index < -0.39 is 5.97 Å². The van der Waals surface area contributed by atoms with Gasteiger partial charge in [-0.1, -0.05) is 0 Å². The molecule has 1 aromatic rings. The lowest BCUT2D eigenvalue weighted by molar-refractivity contribution is -0.140. The highest BCUT2D eigenvalue weighted by Crippen LogP contribution is 2.32. The van der Waals surface area contributed by atoms with Gasteiger partial charge < -0.3 is 19.5 Å². The Morgan fingerprint density at radius 1 is 1.48 bits per heavy atom. The van der Waals surface area contributed by atoms with Crippen LogP contribution >= 0.6 is 0 Å². The molecular weight excluding hydrogens is 306 g/mol. The van der Waals surface area contributed by atoms with E-state index in [1.807, 2.05) is 4.90 Å². The second kappa shape index (κ2) is 7.03. The Balaban J connectivity index is 0.000000595. The highest BCUT2D eigenvalue weighted by atomic mass is 16.5. The molecule has 2 aliphatic rings. The number of carbonyl (C=O) groups excluding carboxylic acids is 2. The molecule has 1 N–H and O–H groups in total. The summed E-state index contributed by atoms with van der Waals surface area (Å²) in [5, 5.41) is 6.89. The summed E-state index contributed by atoms with van der Waals surface area (Å²) in [5.41, 5.74) is 0.921. The van der Waals surface area contributed by atoms with Gasteiger partial charge in [-0.15, -0.1) is 0 Å². The maximum absolute atomic E-state index is 11.6. The topological polar surface area (TPSA) is 119 Å². The lowest BCUT2D eigenvalue weighted by atomic mass is 10.0. The van der Waals surface area contributed by atoms with Gasteiger partial charge in [-0.2, -0.15) is 0 Å². The number of methoxy groups -OCH3 is 1. The van der Waals surface area contributed by atoms with Crippen molar-refractivity contribution in [2.24, 2.45) is 11.8 Å². The first-order valence-corrected chi connectivity index (χ1v) is 6.93. The van der Waals surface area contributed by atoms with Gasteiger partial charge in [-0.05, 0) is 13.0 Å². The third-order valence-electron chi connectivity index (χ3n) is 3.70. The molecule has 0 aromatic carbocycles. The summed E-state index contributed by atoms with van der Waals surface area (Å²) in [6.45, 7) is 3.20. The smallest absolute Gasteiger partial charge is 0.356 e. The van der Waals surface area contributed by atoms with Gasteiger partial charge >= 0.3 is 11.9 Å². The maximum atomic E-state index is 11.6. The molecule has 3 rings (SSSR count). The highest BCUT2D eigenvalue weighted by molar-refractivity contribution is 5.87. The van der Waals surface area contributed by atoms with E-state index in [-0.39, 0.29) is 30.0 Å². The average molecular weight is 323 g/mol. The summed E-state index contributed by atoms with van der Waals surface area (Å²) in [4.78, 5) is 42.0. The van der Waals surface area contributed by atoms with Crippen LogP contribution in [0.1, 0.15) is 16.2 Å². The molecule has 2 atom stereocenters. The minimum atomic E-state index is -0.490. The number of aromatic nitrogens is 2. The van der Waals surface area contributed by atoms with Crippen molar-refractivity contribution in [2.75, 3.05) is 31.7 Å². The van der Waals surface area contributed by atoms with Crippen LogP contribution in [-0.4, -0.2) is 60.3 Å². The third-order valence-corrected chi connectivity index (χ3v) is 3.70. The number of cyclic esters (lactones) is 1. The van der Waals surface area contributed by atoms with Gasteiger partial charge in [0.25, 0.3) is 6.47 Å². The fraction of sp³-hybridized carbons (Fsp3) is 0.500. The first-order valence-electron chi connectivity index (χ1n) is 6.93. The molecule has 3 heterocycles. The number of nitrogens with zero attached hydrogens (tertiary/aromatic N) is 3. The number of ether oxygens (including phenoxy) is 2. The highest BCUT2D eigenvalue weighted by Gasteiger charge is 2.44. The zero-order chi connectivity index (χ0) is 17.0. The van der Waals surface area contributed by atoms with Crippen LogP contribution in [0.3, 0.4) is 0 Å². The number of aryl methyl sites for hydroxylation is 1. The van der Waals surface area contributed by atoms with Crippen molar-refractivity contribution in [1.82, 2.24) is 9.97 Å². The molecule has 0 bridgehead atoms. The summed E-state index contributed by atoms with van der Waals surface area (Å²) in [6, 6.07) is 1.58. The van der Waals surface area contributed by atoms with Gasteiger partial charge in [0.15, 0.2) is 5.69 Å². The summed E-state index contributed by atoms with van der Waals surface area (Å²) in [5.74, 6) is -0.102. The molecule has 0 radical (unpaired) electrons. The van der Waals surface area contributed by atoms with Crippen LogP contribution in [0.2, 0.25) is 0 Å². The quantitative estimate of drug-likeness (QED) is 0.586. The van der Waals surface area contributed by atoms with E-state index in [1.165, 1.54) is 7.11 Å². The van der Waals surface area contributed by atoms with Gasteiger partial charge in [0.1, 0.15) is 0 Å². The molecule has 0 saturated carbocycles. The van der Waals surface area contributed by atoms with E-state index in [0.29, 0.717) is 31.3 Å². The van der Waals surface area contributed by atoms with Gasteiger partial charge in [-0.3, -0.25) is 9.59 Å². The Morgan fingerprint density at radius 3 is 2.78 bits per heavy atom. The zero-order valence-corrected chi connectivity index (χ0v) is 12.8. The van der Waals surface area contributed by atoms with Crippen molar-refractivity contribution >= 4 is 24.4 Å². The van der Waals surface area contributed by atoms with E-state index in [2.05, 4.69) is 14.7 Å². The van der Waals surface area contributed by atoms with Crippen LogP contribution in [0.25, 0.3) is 0 Å². The molecule has 124 valence electrons. The number of fused-ring (bicyclic) bond motifs is 1. The second-order valence-corrected chi connectivity index (χ2v) is 5.19. The molecule has 0 unspecified atom stereocenters. The standard InChI is InChI=1S/C13H15N3O4.CH2O2/c1-7-3-10(12(18)19-2)15-13(14-7)16-4-8-6-20-11(17)9(8)5-16;2-1-3/h3,8-9H,4-6H2,1-2H3;1H,(H,2,3)/t8-,9-;/m1./s1. The molecule has 2 saturated heterocycles. The Hall–Kier alpha value is -2.71. The van der Waals surface area contributed by atoms with Crippen LogP contribution in [0.15, 0.2) is 6.07 Å². The minimum Gasteiger partial charge on any atom is -0.483 e. The first kappa shape index (κ1) is 16.7. The number of esters is 2. The van der Waals surface area contributed by atoms with Gasteiger partial charge in [0.2, 0.25) is 5.95 Å². The van der Waals surface area contributed by atoms with Crippen molar-refractivity contribution in [3.05, 3.63) is 17.5 Å². The molecule has 0 aliphatic carbocycles. The van der Waals surface area contributed by atoms with Crippen molar-refractivity contribution in [3.63, 3.8) is 0 Å². The van der Waals surface area contributed by atoms with Crippen molar-refractivity contribution in [2.45, 2.75) is 6.92 Å². The van der Waals surface area contributed by atoms with Crippen molar-refractivity contribution < 1.29 is 29.0 Å². The lowest BCUT2D eigenvalue weighted by Gasteiger charge is -2.17. The van der Waals surface area contributed by atoms with E-state index in [4.69, 9.17) is 14.6 Å². The lowest BCUT2D eigenvalue weighted by Crippen LogP contribution is -2.26. The van der Waals surface area contributed by atoms with Gasteiger partial charge in [0.05, 0.1) is 19.6 Å². The Morgan fingerprint density at radius 2 is 2.17 bits per heavy atom. The van der Waals surface area contributed by atoms with Crippen LogP contribution in [0.5, 0.6) is 0 Å². The Labute approximate surface area is 132 Å². The third kappa shape index (κ3) is 3.55. The molecule has 1 aromatic heterocycles. The minimum absolute atomic E-state index is 0.110. The van der Waals surface area contributed by atoms with Crippen molar-refractivity contribution in [3.8, 4) is 0 Å². The van der Waals surface area contributed by atoms with E-state index >= 15 is 0 Å². The summed E-state index contributed by atoms with van der Waals surface area (Å²) < 4.78 is 9.71. The average Bonchev–Trinajstić information content (AvgIpc) is 3.09. The molecule has 23 heavy (non-hydrogen) atoms. The number of carbonyl (C=O) groups is 3. The van der Waals surface area contributed by atoms with E-state index in [1.54, 1.807) is 13.0 Å². The maximum Gasteiger partial charge on any atom is 0.356 e. The molecule has 9 heteroatoms. The van der Waals surface area contributed by atoms with Crippen LogP contribution in [-0.2, 0) is 19.1 Å². The largest absolute Gasteiger partial charge is 0.483 e. The van der Waals surface area contributed by atoms with Crippen molar-refractivity contribution in [1.29, 1.82) is 0 Å². The Kier molecular flexibility index (Phi) is 5.09. The molecular formula is C14H17N3O6. The molecule has 0 amide bonds. The van der Waals surface area contributed by atoms with E-state index in [9.17, 15) is 9.59 Å². The van der Waals surface area contributed by atoms with Crippen LogP contribution in [0.4, 0.5) is 5.95 Å². The molecule has 9 nitrogen and oxygen atoms in total. The molecule has 2 fully saturated rings. The first-order chi connectivity index (χ1) is 11.0. The second-order valence-electron chi connectivity index (χ2n) is 5.19. The summed E-state index contributed by atoms with van der Waals surface area (Å²) in [6.07, 6.45) is 0. The SMILES string of the molecule is COC(=O)c1cc(C)nc(N2C[C@@H]3COC(=O)[C@@H]3C2)n1.O=CO. The fourth-order valence-corrected chi connectivity index (χ4v) is 2.67. The number of hydrogen-bond donors (Lipinski definition) is 1. The monoisotopic (exact) mass is 323 g/mol. The van der Waals surface area contributed by atoms with E-state index in [0.717, 1.165) is 0 Å². The summed E-state index contributed by atoms with van der Waals surface area (Å²) >= 11 is 0. The number of rotatable bonds is 2. The number of hydrogen-bond acceptors (Lipinski definition) is 8. The van der Waals surface area contributed by atoms with Gasteiger partial charge in [-0.25, -0.2) is 14.8 Å². The van der Waals surface area contributed by atoms with Gasteiger partial charge in [0, 0.05) is 24.7 Å². The van der Waals surface area contributed by atoms with Crippen LogP contribution < -0.4 is 4.90 Å². The van der Waals surface area contributed by atoms with Crippen LogP contribution in [0, 0.1) is 18.8 Å². The predicted octanol–water partition coefficient (Wildman–Crippen LogP) is -0.118. The molecule has 0 spiro atoms. The molecule has 2 aliphatic heterocycles. The number of anilines is 1.